The lowest BCUT2D eigenvalue weighted by Crippen LogP contribution is -2.34. The number of aryl methyl sites for hydroxylation is 1. The number of nitrogens with zero attached hydrogens (tertiary/aromatic N) is 2. The minimum Gasteiger partial charge on any atom is -0.475 e. The maximum absolute atomic E-state index is 13.6. The van der Waals surface area contributed by atoms with E-state index in [4.69, 9.17) is 14.0 Å². The van der Waals surface area contributed by atoms with Gasteiger partial charge in [0.15, 0.2) is 24.3 Å². The first-order valence-corrected chi connectivity index (χ1v) is 6.94. The Bertz CT molecular complexity index is 688. The minimum atomic E-state index is -1.05. The van der Waals surface area contributed by atoms with E-state index in [1.54, 1.807) is 20.8 Å². The molecule has 0 saturated carbocycles. The average molecular weight is 326 g/mol. The molecule has 8 heteroatoms. The smallest absolute Gasteiger partial charge is 0.348 e. The lowest BCUT2D eigenvalue weighted by Gasteiger charge is -2.21. The van der Waals surface area contributed by atoms with Crippen molar-refractivity contribution in [3.63, 3.8) is 0 Å². The van der Waals surface area contributed by atoms with Crippen LogP contribution in [0.4, 0.5) is 8.78 Å². The van der Waals surface area contributed by atoms with E-state index in [-0.39, 0.29) is 24.1 Å². The maximum atomic E-state index is 13.6. The molecular formula is C15H16F2N2O4. The van der Waals surface area contributed by atoms with Gasteiger partial charge in [-0.05, 0) is 12.1 Å². The molecule has 0 N–H and O–H groups in total. The molecule has 2 aromatic rings. The molecule has 0 radical (unpaired) electrons. The number of carbonyl (C=O) groups excluding carboxylic acids is 1. The van der Waals surface area contributed by atoms with Crippen LogP contribution in [0.15, 0.2) is 22.7 Å². The topological polar surface area (TPSA) is 74.5 Å². The van der Waals surface area contributed by atoms with Gasteiger partial charge in [-0.2, -0.15) is 4.98 Å². The Hall–Kier alpha value is -2.51. The molecule has 0 aliphatic heterocycles. The van der Waals surface area contributed by atoms with Crippen molar-refractivity contribution in [2.75, 3.05) is 0 Å². The minimum absolute atomic E-state index is 0.186. The van der Waals surface area contributed by atoms with Crippen LogP contribution in [-0.4, -0.2) is 22.2 Å². The highest BCUT2D eigenvalue weighted by Gasteiger charge is 2.27. The van der Waals surface area contributed by atoms with E-state index < -0.39 is 23.7 Å². The highest BCUT2D eigenvalue weighted by atomic mass is 19.1. The van der Waals surface area contributed by atoms with Crippen molar-refractivity contribution in [1.82, 2.24) is 10.1 Å². The van der Waals surface area contributed by atoms with Crippen LogP contribution < -0.4 is 4.74 Å². The normalized spacial score (nSPS) is 12.3. The number of rotatable bonds is 6. The van der Waals surface area contributed by atoms with Crippen LogP contribution in [0.5, 0.6) is 5.75 Å². The number of hydrogen-bond acceptors (Lipinski definition) is 6. The van der Waals surface area contributed by atoms with Gasteiger partial charge in [-0.1, -0.05) is 19.0 Å². The van der Waals surface area contributed by atoms with Gasteiger partial charge in [-0.15, -0.1) is 0 Å². The van der Waals surface area contributed by atoms with Crippen molar-refractivity contribution < 1.29 is 27.6 Å². The molecule has 0 aliphatic carbocycles. The average Bonchev–Trinajstić information content (AvgIpc) is 2.89. The van der Waals surface area contributed by atoms with Crippen LogP contribution in [0.2, 0.25) is 0 Å². The molecule has 0 fully saturated rings. The van der Waals surface area contributed by atoms with E-state index in [9.17, 15) is 13.6 Å². The number of esters is 1. The third-order valence-corrected chi connectivity index (χ3v) is 2.90. The Morgan fingerprint density at radius 3 is 2.65 bits per heavy atom. The second-order valence-corrected chi connectivity index (χ2v) is 5.19. The van der Waals surface area contributed by atoms with Crippen LogP contribution in [0.3, 0.4) is 0 Å². The highest BCUT2D eigenvalue weighted by molar-refractivity contribution is 5.75. The summed E-state index contributed by atoms with van der Waals surface area (Å²) in [6.07, 6.45) is -1.05. The van der Waals surface area contributed by atoms with E-state index in [2.05, 4.69) is 10.1 Å². The lowest BCUT2D eigenvalue weighted by molar-refractivity contribution is -0.155. The SMILES string of the molecule is Cc1nc(COC(=O)[C@@H](Oc2ccc(F)cc2F)C(C)C)no1. The van der Waals surface area contributed by atoms with Gasteiger partial charge < -0.3 is 14.0 Å². The summed E-state index contributed by atoms with van der Waals surface area (Å²) in [5, 5.41) is 3.59. The van der Waals surface area contributed by atoms with Gasteiger partial charge in [0.2, 0.25) is 11.7 Å². The molecule has 0 spiro atoms. The van der Waals surface area contributed by atoms with Gasteiger partial charge in [-0.3, -0.25) is 0 Å². The van der Waals surface area contributed by atoms with Gasteiger partial charge in [-0.25, -0.2) is 13.6 Å². The van der Waals surface area contributed by atoms with Crippen LogP contribution in [-0.2, 0) is 16.1 Å². The zero-order valence-electron chi connectivity index (χ0n) is 12.9. The van der Waals surface area contributed by atoms with E-state index in [0.717, 1.165) is 12.1 Å². The number of carbonyl (C=O) groups is 1. The Balaban J connectivity index is 2.03. The lowest BCUT2D eigenvalue weighted by atomic mass is 10.1. The van der Waals surface area contributed by atoms with Gasteiger partial charge in [0.1, 0.15) is 5.82 Å². The van der Waals surface area contributed by atoms with E-state index >= 15 is 0 Å². The van der Waals surface area contributed by atoms with Crippen molar-refractivity contribution in [3.8, 4) is 5.75 Å². The van der Waals surface area contributed by atoms with Crippen molar-refractivity contribution in [2.45, 2.75) is 33.5 Å². The Kier molecular flexibility index (Phi) is 5.25. The number of aromatic nitrogens is 2. The number of ether oxygens (including phenoxy) is 2. The van der Waals surface area contributed by atoms with Gasteiger partial charge in [0.05, 0.1) is 0 Å². The van der Waals surface area contributed by atoms with Crippen molar-refractivity contribution >= 4 is 5.97 Å². The number of benzene rings is 1. The number of hydrogen-bond donors (Lipinski definition) is 0. The van der Waals surface area contributed by atoms with E-state index in [1.807, 2.05) is 0 Å². The fourth-order valence-electron chi connectivity index (χ4n) is 1.78. The molecule has 0 amide bonds. The molecule has 0 saturated heterocycles. The molecular weight excluding hydrogens is 310 g/mol. The van der Waals surface area contributed by atoms with Crippen molar-refractivity contribution in [2.24, 2.45) is 5.92 Å². The van der Waals surface area contributed by atoms with Crippen LogP contribution >= 0.6 is 0 Å². The summed E-state index contributed by atoms with van der Waals surface area (Å²) in [5.41, 5.74) is 0. The molecule has 1 aromatic carbocycles. The van der Waals surface area contributed by atoms with E-state index in [0.29, 0.717) is 12.0 Å². The largest absolute Gasteiger partial charge is 0.475 e. The maximum Gasteiger partial charge on any atom is 0.348 e. The van der Waals surface area contributed by atoms with E-state index in [1.165, 1.54) is 0 Å². The Labute approximate surface area is 131 Å². The van der Waals surface area contributed by atoms with Gasteiger partial charge >= 0.3 is 5.97 Å². The van der Waals surface area contributed by atoms with Gasteiger partial charge in [0.25, 0.3) is 0 Å². The fourth-order valence-corrected chi connectivity index (χ4v) is 1.78. The molecule has 0 unspecified atom stereocenters. The van der Waals surface area contributed by atoms with Crippen molar-refractivity contribution in [3.05, 3.63) is 41.5 Å². The molecule has 6 nitrogen and oxygen atoms in total. The first-order valence-electron chi connectivity index (χ1n) is 6.94. The first-order chi connectivity index (χ1) is 10.9. The monoisotopic (exact) mass is 326 g/mol. The van der Waals surface area contributed by atoms with Crippen LogP contribution in [0, 0.1) is 24.5 Å². The molecule has 0 aliphatic rings. The summed E-state index contributed by atoms with van der Waals surface area (Å²) in [7, 11) is 0. The fraction of sp³-hybridized carbons (Fsp3) is 0.400. The molecule has 0 bridgehead atoms. The van der Waals surface area contributed by atoms with Crippen LogP contribution in [0.1, 0.15) is 25.6 Å². The summed E-state index contributed by atoms with van der Waals surface area (Å²) in [6.45, 7) is 4.85. The standard InChI is InChI=1S/C15H16F2N2O4/c1-8(2)14(22-12-5-4-10(16)6-11(12)17)15(20)21-7-13-18-9(3)23-19-13/h4-6,8,14H,7H2,1-3H3/t14-/m0/s1. The third-order valence-electron chi connectivity index (χ3n) is 2.90. The summed E-state index contributed by atoms with van der Waals surface area (Å²) in [4.78, 5) is 16.0. The summed E-state index contributed by atoms with van der Waals surface area (Å²) in [6, 6.07) is 2.85. The van der Waals surface area contributed by atoms with Crippen molar-refractivity contribution in [1.29, 1.82) is 0 Å². The van der Waals surface area contributed by atoms with Crippen LogP contribution in [0.25, 0.3) is 0 Å². The second kappa shape index (κ2) is 7.17. The summed E-state index contributed by atoms with van der Waals surface area (Å²) < 4.78 is 41.7. The molecule has 1 aromatic heterocycles. The number of halogens is 2. The third kappa shape index (κ3) is 4.48. The molecule has 124 valence electrons. The predicted molar refractivity (Wildman–Crippen MR) is 74.4 cm³/mol. The summed E-state index contributed by atoms with van der Waals surface area (Å²) in [5.74, 6) is -2.28. The molecule has 1 atom stereocenters. The second-order valence-electron chi connectivity index (χ2n) is 5.19. The first kappa shape index (κ1) is 16.9. The zero-order valence-corrected chi connectivity index (χ0v) is 12.9. The predicted octanol–water partition coefficient (Wildman–Crippen LogP) is 2.80. The highest BCUT2D eigenvalue weighted by Crippen LogP contribution is 2.22. The van der Waals surface area contributed by atoms with Gasteiger partial charge in [0, 0.05) is 18.9 Å². The quantitative estimate of drug-likeness (QED) is 0.760. The molecule has 1 heterocycles. The molecule has 2 rings (SSSR count). The molecule has 23 heavy (non-hydrogen) atoms. The zero-order chi connectivity index (χ0) is 17.0. The summed E-state index contributed by atoms with van der Waals surface area (Å²) >= 11 is 0. The Morgan fingerprint density at radius 1 is 1.35 bits per heavy atom. The Morgan fingerprint density at radius 2 is 2.09 bits per heavy atom.